The van der Waals surface area contributed by atoms with E-state index in [9.17, 15) is 13.2 Å². The Morgan fingerprint density at radius 3 is 2.59 bits per heavy atom. The molecule has 3 unspecified atom stereocenters. The summed E-state index contributed by atoms with van der Waals surface area (Å²) in [7, 11) is -3.02. The zero-order valence-electron chi connectivity index (χ0n) is 15.5. The highest BCUT2D eigenvalue weighted by Gasteiger charge is 2.40. The largest absolute Gasteiger partial charge is 0.352 e. The third-order valence-corrected chi connectivity index (χ3v) is 8.15. The summed E-state index contributed by atoms with van der Waals surface area (Å²) >= 11 is 0. The van der Waals surface area contributed by atoms with Crippen LogP contribution >= 0.6 is 0 Å². The van der Waals surface area contributed by atoms with E-state index in [4.69, 9.17) is 10.3 Å². The van der Waals surface area contributed by atoms with Crippen molar-refractivity contribution < 1.29 is 17.7 Å². The van der Waals surface area contributed by atoms with Crippen molar-refractivity contribution in [2.24, 2.45) is 11.7 Å². The summed E-state index contributed by atoms with van der Waals surface area (Å²) in [6.07, 6.45) is 7.90. The third kappa shape index (κ3) is 3.89. The highest BCUT2D eigenvalue weighted by Crippen LogP contribution is 2.40. The molecule has 0 bridgehead atoms. The highest BCUT2D eigenvalue weighted by molar-refractivity contribution is 7.91. The van der Waals surface area contributed by atoms with Crippen molar-refractivity contribution in [3.8, 4) is 0 Å². The number of amides is 1. The van der Waals surface area contributed by atoms with Crippen LogP contribution in [0, 0.1) is 5.92 Å². The first-order valence-electron chi connectivity index (χ1n) is 10.0. The lowest BCUT2D eigenvalue weighted by molar-refractivity contribution is -0.127. The Kier molecular flexibility index (Phi) is 5.00. The molecular weight excluding hydrogens is 368 g/mol. The number of nitrogens with one attached hydrogen (secondary N) is 1. The second kappa shape index (κ2) is 7.16. The maximum atomic E-state index is 12.9. The third-order valence-electron chi connectivity index (χ3n) is 6.38. The van der Waals surface area contributed by atoms with E-state index in [0.29, 0.717) is 18.1 Å². The quantitative estimate of drug-likeness (QED) is 0.786. The number of hydrogen-bond donors (Lipinski definition) is 2. The molecule has 3 fully saturated rings. The predicted octanol–water partition coefficient (Wildman–Crippen LogP) is 1.37. The molecule has 9 heteroatoms. The number of carbonyl (C=O) groups excluding carboxylic acids is 1. The summed E-state index contributed by atoms with van der Waals surface area (Å²) < 4.78 is 28.8. The number of hydrogen-bond acceptors (Lipinski definition) is 7. The first-order valence-corrected chi connectivity index (χ1v) is 11.8. The molecule has 3 N–H and O–H groups in total. The van der Waals surface area contributed by atoms with Crippen molar-refractivity contribution in [1.82, 2.24) is 15.5 Å². The number of carbonyl (C=O) groups is 1. The first kappa shape index (κ1) is 18.9. The molecule has 2 aliphatic carbocycles. The van der Waals surface area contributed by atoms with Crippen LogP contribution in [0.15, 0.2) is 4.52 Å². The van der Waals surface area contributed by atoms with Crippen LogP contribution in [0.3, 0.4) is 0 Å². The number of aromatic nitrogens is 2. The SMILES string of the molecule is NC1(c2noc(C3CCCCC3C(=O)NC3CCS(=O)(=O)C3)n2)CCCC1. The summed E-state index contributed by atoms with van der Waals surface area (Å²) in [5, 5.41) is 7.08. The van der Waals surface area contributed by atoms with Gasteiger partial charge in [0.05, 0.1) is 17.0 Å². The molecule has 3 aliphatic rings. The fraction of sp³-hybridized carbons (Fsp3) is 0.833. The smallest absolute Gasteiger partial charge is 0.230 e. The van der Waals surface area contributed by atoms with Crippen LogP contribution in [0.4, 0.5) is 0 Å². The summed E-state index contributed by atoms with van der Waals surface area (Å²) in [6, 6.07) is -0.283. The predicted molar refractivity (Wildman–Crippen MR) is 98.5 cm³/mol. The van der Waals surface area contributed by atoms with Gasteiger partial charge >= 0.3 is 0 Å². The molecular formula is C18H28N4O4S. The maximum Gasteiger partial charge on any atom is 0.230 e. The lowest BCUT2D eigenvalue weighted by Crippen LogP contribution is -2.42. The van der Waals surface area contributed by atoms with E-state index in [0.717, 1.165) is 51.4 Å². The Hall–Kier alpha value is -1.48. The average Bonchev–Trinajstić information content (AvgIpc) is 3.35. The Labute approximate surface area is 159 Å². The second-order valence-corrected chi connectivity index (χ2v) is 10.7. The minimum Gasteiger partial charge on any atom is -0.352 e. The van der Waals surface area contributed by atoms with E-state index in [2.05, 4.69) is 15.5 Å². The normalized spacial score (nSPS) is 32.4. The molecule has 2 heterocycles. The van der Waals surface area contributed by atoms with Crippen LogP contribution < -0.4 is 11.1 Å². The molecule has 2 saturated carbocycles. The van der Waals surface area contributed by atoms with Crippen molar-refractivity contribution in [2.75, 3.05) is 11.5 Å². The zero-order chi connectivity index (χ0) is 19.1. The molecule has 4 rings (SSSR count). The van der Waals surface area contributed by atoms with Gasteiger partial charge in [0.2, 0.25) is 11.8 Å². The minimum atomic E-state index is -3.02. The molecule has 150 valence electrons. The van der Waals surface area contributed by atoms with Crippen LogP contribution in [0.25, 0.3) is 0 Å². The van der Waals surface area contributed by atoms with Crippen molar-refractivity contribution in [3.05, 3.63) is 11.7 Å². The van der Waals surface area contributed by atoms with Gasteiger partial charge in [0.15, 0.2) is 15.7 Å². The van der Waals surface area contributed by atoms with Gasteiger partial charge in [-0.2, -0.15) is 4.98 Å². The van der Waals surface area contributed by atoms with E-state index >= 15 is 0 Å². The Bertz CT molecular complexity index is 800. The summed E-state index contributed by atoms with van der Waals surface area (Å²) in [5.74, 6) is 0.775. The second-order valence-electron chi connectivity index (χ2n) is 8.43. The lowest BCUT2D eigenvalue weighted by atomic mass is 9.78. The van der Waals surface area contributed by atoms with Crippen LogP contribution in [-0.4, -0.2) is 42.0 Å². The van der Waals surface area contributed by atoms with Gasteiger partial charge in [0.25, 0.3) is 0 Å². The topological polar surface area (TPSA) is 128 Å². The van der Waals surface area contributed by atoms with Gasteiger partial charge in [-0.25, -0.2) is 8.42 Å². The summed E-state index contributed by atoms with van der Waals surface area (Å²) in [6.45, 7) is 0. The molecule has 1 aromatic heterocycles. The van der Waals surface area contributed by atoms with Gasteiger partial charge in [0, 0.05) is 17.9 Å². The minimum absolute atomic E-state index is 0.0382. The van der Waals surface area contributed by atoms with Gasteiger partial charge in [-0.15, -0.1) is 0 Å². The number of nitrogens with zero attached hydrogens (tertiary/aromatic N) is 2. The molecule has 1 aromatic rings. The Morgan fingerprint density at radius 2 is 1.89 bits per heavy atom. The van der Waals surface area contributed by atoms with Crippen LogP contribution in [0.2, 0.25) is 0 Å². The van der Waals surface area contributed by atoms with Crippen molar-refractivity contribution in [3.63, 3.8) is 0 Å². The summed E-state index contributed by atoms with van der Waals surface area (Å²) in [4.78, 5) is 17.5. The molecule has 8 nitrogen and oxygen atoms in total. The number of rotatable bonds is 4. The Balaban J connectivity index is 1.48. The van der Waals surface area contributed by atoms with Gasteiger partial charge in [-0.3, -0.25) is 4.79 Å². The molecule has 3 atom stereocenters. The van der Waals surface area contributed by atoms with Gasteiger partial charge < -0.3 is 15.6 Å². The molecule has 0 spiro atoms. The average molecular weight is 397 g/mol. The van der Waals surface area contributed by atoms with E-state index in [1.165, 1.54) is 0 Å². The monoisotopic (exact) mass is 396 g/mol. The maximum absolute atomic E-state index is 12.9. The molecule has 1 saturated heterocycles. The summed E-state index contributed by atoms with van der Waals surface area (Å²) in [5.41, 5.74) is 5.92. The van der Waals surface area contributed by atoms with Crippen LogP contribution in [0.1, 0.15) is 75.4 Å². The van der Waals surface area contributed by atoms with E-state index < -0.39 is 15.4 Å². The standard InChI is InChI=1S/C18H28N4O4S/c19-18(8-3-4-9-18)17-21-16(26-22-17)14-6-2-1-5-13(14)15(23)20-12-7-10-27(24,25)11-12/h12-14H,1-11,19H2,(H,20,23). The molecule has 0 radical (unpaired) electrons. The van der Waals surface area contributed by atoms with E-state index in [-0.39, 0.29) is 35.3 Å². The number of nitrogens with two attached hydrogens (primary N) is 1. The van der Waals surface area contributed by atoms with Gasteiger partial charge in [-0.05, 0) is 32.1 Å². The first-order chi connectivity index (χ1) is 12.9. The van der Waals surface area contributed by atoms with Crippen LogP contribution in [0.5, 0.6) is 0 Å². The fourth-order valence-corrected chi connectivity index (χ4v) is 6.45. The van der Waals surface area contributed by atoms with Crippen LogP contribution in [-0.2, 0) is 20.2 Å². The van der Waals surface area contributed by atoms with Gasteiger partial charge in [-0.1, -0.05) is 30.8 Å². The Morgan fingerprint density at radius 1 is 1.15 bits per heavy atom. The van der Waals surface area contributed by atoms with Crippen molar-refractivity contribution >= 4 is 15.7 Å². The van der Waals surface area contributed by atoms with Crippen molar-refractivity contribution in [2.45, 2.75) is 75.3 Å². The number of sulfone groups is 1. The highest BCUT2D eigenvalue weighted by atomic mass is 32.2. The molecule has 1 aliphatic heterocycles. The lowest BCUT2D eigenvalue weighted by Gasteiger charge is -2.29. The van der Waals surface area contributed by atoms with E-state index in [1.807, 2.05) is 0 Å². The zero-order valence-corrected chi connectivity index (χ0v) is 16.3. The molecule has 0 aromatic carbocycles. The van der Waals surface area contributed by atoms with Crippen molar-refractivity contribution in [1.29, 1.82) is 0 Å². The fourth-order valence-electron chi connectivity index (χ4n) is 4.77. The molecule has 1 amide bonds. The molecule has 27 heavy (non-hydrogen) atoms. The van der Waals surface area contributed by atoms with Gasteiger partial charge in [0.1, 0.15) is 0 Å². The van der Waals surface area contributed by atoms with E-state index in [1.54, 1.807) is 0 Å².